The smallest absolute Gasteiger partial charge is 0.335 e. The van der Waals surface area contributed by atoms with E-state index in [9.17, 15) is 46.1 Å². The Hall–Kier alpha value is -6.84. The minimum Gasteiger partial charge on any atom is -0.494 e. The standard InChI is InChI=1S/C27H25ClF3NO5.C15H14ClF3N2O2.C11H12O4/c1-35-22-9-10-24(32-25(22)16-3-7-19(29)18(28)13-16)27(34,26(30)31)12-11-20(33)15-4-8-21(23(14-15)36-2)37-17-5-6-17;1-23-11-4-5-12(15(22,7-20)14(18)19)21-13(11)8-2-3-10(17)9(16)6-8;1-14-10-6-7(11(12)13)2-5-9(10)15-8-3-4-8/h3-4,7-10,13-14,17,26,34H,5-6,11-12H2,1-2H3;2-6,14,22H,7,20H2,1H3;2,5-6,8H,3-4H2,1H3,(H,12,13). The number of Topliss-reactive ketones (excluding diaryl/α,β-unsaturated/α-hetero) is 1. The van der Waals surface area contributed by atoms with Gasteiger partial charge in [-0.15, -0.1) is 0 Å². The molecule has 2 aromatic heterocycles. The van der Waals surface area contributed by atoms with Gasteiger partial charge in [-0.05, 0) is 129 Å². The van der Waals surface area contributed by atoms with E-state index in [1.807, 2.05) is 0 Å². The van der Waals surface area contributed by atoms with Gasteiger partial charge in [-0.25, -0.2) is 41.1 Å². The fraction of sp³-hybridized carbons (Fsp3) is 0.321. The van der Waals surface area contributed by atoms with Crippen molar-refractivity contribution in [2.75, 3.05) is 35.0 Å². The number of benzene rings is 4. The van der Waals surface area contributed by atoms with Crippen molar-refractivity contribution in [2.24, 2.45) is 5.73 Å². The summed E-state index contributed by atoms with van der Waals surface area (Å²) in [5.74, 6) is -0.302. The maximum absolute atomic E-state index is 14.2. The molecule has 2 aliphatic carbocycles. The van der Waals surface area contributed by atoms with Gasteiger partial charge in [0.2, 0.25) is 0 Å². The lowest BCUT2D eigenvalue weighted by atomic mass is 9.90. The molecule has 0 amide bonds. The third-order valence-corrected chi connectivity index (χ3v) is 12.3. The van der Waals surface area contributed by atoms with Gasteiger partial charge >= 0.3 is 5.97 Å². The molecule has 22 heteroatoms. The second-order valence-electron chi connectivity index (χ2n) is 17.0. The molecule has 400 valence electrons. The number of carboxylic acids is 1. The van der Waals surface area contributed by atoms with Crippen LogP contribution in [0.15, 0.2) is 97.1 Å². The molecule has 0 radical (unpaired) electrons. The number of methoxy groups -OCH3 is 4. The molecule has 14 nitrogen and oxygen atoms in total. The largest absolute Gasteiger partial charge is 0.494 e. The Balaban J connectivity index is 0.000000204. The predicted molar refractivity (Wildman–Crippen MR) is 265 cm³/mol. The van der Waals surface area contributed by atoms with Crippen molar-refractivity contribution >= 4 is 35.0 Å². The molecule has 2 saturated carbocycles. The van der Waals surface area contributed by atoms with Gasteiger partial charge in [0.05, 0.1) is 67.6 Å². The Labute approximate surface area is 436 Å². The highest BCUT2D eigenvalue weighted by Crippen LogP contribution is 2.40. The second-order valence-corrected chi connectivity index (χ2v) is 17.8. The Bertz CT molecular complexity index is 2990. The summed E-state index contributed by atoms with van der Waals surface area (Å²) >= 11 is 11.6. The molecule has 2 heterocycles. The van der Waals surface area contributed by atoms with E-state index in [1.54, 1.807) is 12.1 Å². The highest BCUT2D eigenvalue weighted by atomic mass is 35.5. The van der Waals surface area contributed by atoms with Gasteiger partial charge in [-0.2, -0.15) is 0 Å². The van der Waals surface area contributed by atoms with E-state index in [-0.39, 0.29) is 67.7 Å². The van der Waals surface area contributed by atoms with Crippen LogP contribution in [-0.4, -0.2) is 97.1 Å². The molecule has 0 saturated heterocycles. The minimum absolute atomic E-state index is 0.0864. The Morgan fingerprint density at radius 2 is 1.00 bits per heavy atom. The number of ether oxygens (including phenoxy) is 6. The van der Waals surface area contributed by atoms with E-state index >= 15 is 0 Å². The number of carboxylic acid groups (broad SMARTS) is 1. The Morgan fingerprint density at radius 1 is 0.600 bits per heavy atom. The molecular formula is C53H51Cl2F6N3O11. The first-order chi connectivity index (χ1) is 35.7. The van der Waals surface area contributed by atoms with Gasteiger partial charge in [0.1, 0.15) is 34.5 Å². The summed E-state index contributed by atoms with van der Waals surface area (Å²) in [4.78, 5) is 31.8. The van der Waals surface area contributed by atoms with Crippen LogP contribution in [0.5, 0.6) is 34.5 Å². The number of nitrogens with two attached hydrogens (primary N) is 1. The quantitative estimate of drug-likeness (QED) is 0.0415. The third-order valence-electron chi connectivity index (χ3n) is 11.7. The molecule has 2 unspecified atom stereocenters. The SMILES string of the molecule is COc1cc(C(=O)CCC(O)(c2ccc(OC)c(-c3ccc(F)c(Cl)c3)n2)C(F)F)ccc1OC1CC1.COc1cc(C(=O)O)ccc1OC1CC1.COc1ccc(C(O)(CN)C(F)F)nc1-c1ccc(F)c(Cl)c1. The van der Waals surface area contributed by atoms with Crippen molar-refractivity contribution in [3.63, 3.8) is 0 Å². The normalized spacial score (nSPS) is 14.5. The number of aromatic carboxylic acids is 1. The van der Waals surface area contributed by atoms with Gasteiger partial charge in [0.15, 0.2) is 40.0 Å². The number of hydrogen-bond acceptors (Lipinski definition) is 13. The van der Waals surface area contributed by atoms with Crippen LogP contribution in [0.1, 0.15) is 70.6 Å². The molecule has 0 spiro atoms. The number of rotatable bonds is 20. The number of carbonyl (C=O) groups is 2. The van der Waals surface area contributed by atoms with Gasteiger partial charge in [-0.3, -0.25) is 4.79 Å². The van der Waals surface area contributed by atoms with Gasteiger partial charge in [0, 0.05) is 29.7 Å². The molecule has 0 bridgehead atoms. The number of halogens is 8. The lowest BCUT2D eigenvalue weighted by Crippen LogP contribution is -2.42. The highest BCUT2D eigenvalue weighted by molar-refractivity contribution is 6.31. The first-order valence-corrected chi connectivity index (χ1v) is 23.6. The zero-order chi connectivity index (χ0) is 54.8. The number of nitrogens with zero attached hydrogens (tertiary/aromatic N) is 2. The fourth-order valence-electron chi connectivity index (χ4n) is 7.07. The van der Waals surface area contributed by atoms with Crippen LogP contribution in [0.4, 0.5) is 26.3 Å². The summed E-state index contributed by atoms with van der Waals surface area (Å²) in [6.07, 6.45) is -2.95. The fourth-order valence-corrected chi connectivity index (χ4v) is 7.44. The lowest BCUT2D eigenvalue weighted by Gasteiger charge is -2.27. The van der Waals surface area contributed by atoms with Crippen molar-refractivity contribution in [3.8, 4) is 57.0 Å². The van der Waals surface area contributed by atoms with E-state index in [2.05, 4.69) is 9.97 Å². The van der Waals surface area contributed by atoms with E-state index in [4.69, 9.17) is 62.5 Å². The van der Waals surface area contributed by atoms with Crippen molar-refractivity contribution < 1.29 is 79.7 Å². The van der Waals surface area contributed by atoms with Crippen LogP contribution < -0.4 is 34.2 Å². The molecular weight excluding hydrogens is 1040 g/mol. The summed E-state index contributed by atoms with van der Waals surface area (Å²) < 4.78 is 114. The molecule has 6 aromatic rings. The predicted octanol–water partition coefficient (Wildman–Crippen LogP) is 11.1. The topological polar surface area (TPSA) is 202 Å². The highest BCUT2D eigenvalue weighted by Gasteiger charge is 2.42. The summed E-state index contributed by atoms with van der Waals surface area (Å²) in [5, 5.41) is 29.5. The number of aromatic nitrogens is 2. The maximum atomic E-state index is 14.2. The lowest BCUT2D eigenvalue weighted by molar-refractivity contribution is -0.109. The monoisotopic (exact) mass is 1090 g/mol. The summed E-state index contributed by atoms with van der Waals surface area (Å²) in [5.41, 5.74) is 0.585. The van der Waals surface area contributed by atoms with Gasteiger partial charge < -0.3 is 49.5 Å². The first kappa shape index (κ1) is 57.4. The number of ketones is 1. The van der Waals surface area contributed by atoms with Crippen LogP contribution >= 0.6 is 23.2 Å². The van der Waals surface area contributed by atoms with Crippen LogP contribution in [0.25, 0.3) is 22.5 Å². The minimum atomic E-state index is -3.25. The van der Waals surface area contributed by atoms with Crippen molar-refractivity contribution in [1.82, 2.24) is 9.97 Å². The average Bonchev–Trinajstić information content (AvgIpc) is 4.37. The van der Waals surface area contributed by atoms with E-state index in [0.29, 0.717) is 34.1 Å². The first-order valence-electron chi connectivity index (χ1n) is 22.9. The number of hydrogen-bond donors (Lipinski definition) is 4. The zero-order valence-corrected chi connectivity index (χ0v) is 42.1. The van der Waals surface area contributed by atoms with Crippen molar-refractivity contribution in [1.29, 1.82) is 0 Å². The van der Waals surface area contributed by atoms with Gasteiger partial charge in [-0.1, -0.05) is 23.2 Å². The van der Waals surface area contributed by atoms with Crippen LogP contribution in [0.2, 0.25) is 10.0 Å². The average molecular weight is 1090 g/mol. The van der Waals surface area contributed by atoms with Crippen LogP contribution in [0, 0.1) is 11.6 Å². The van der Waals surface area contributed by atoms with Gasteiger partial charge in [0.25, 0.3) is 12.9 Å². The molecule has 4 aromatic carbocycles. The Kier molecular flexibility index (Phi) is 19.2. The molecule has 2 fully saturated rings. The van der Waals surface area contributed by atoms with Crippen molar-refractivity contribution in [3.05, 3.63) is 141 Å². The van der Waals surface area contributed by atoms with E-state index < -0.39 is 66.8 Å². The molecule has 5 N–H and O–H groups in total. The second kappa shape index (κ2) is 25.1. The molecule has 75 heavy (non-hydrogen) atoms. The van der Waals surface area contributed by atoms with Crippen LogP contribution in [-0.2, 0) is 11.2 Å². The molecule has 2 aliphatic rings. The summed E-state index contributed by atoms with van der Waals surface area (Å²) in [7, 11) is 5.67. The number of carbonyl (C=O) groups excluding carboxylic acids is 1. The number of pyridine rings is 2. The van der Waals surface area contributed by atoms with Crippen LogP contribution in [0.3, 0.4) is 0 Å². The zero-order valence-electron chi connectivity index (χ0n) is 40.6. The number of aliphatic hydroxyl groups is 2. The molecule has 0 aliphatic heterocycles. The Morgan fingerprint density at radius 3 is 1.37 bits per heavy atom. The third kappa shape index (κ3) is 14.1. The molecule has 8 rings (SSSR count). The van der Waals surface area contributed by atoms with Crippen molar-refractivity contribution in [2.45, 2.75) is 74.8 Å². The number of alkyl halides is 4. The molecule has 2 atom stereocenters. The summed E-state index contributed by atoms with van der Waals surface area (Å²) in [6.45, 7) is -0.715. The summed E-state index contributed by atoms with van der Waals surface area (Å²) in [6, 6.07) is 21.9. The van der Waals surface area contributed by atoms with E-state index in [1.165, 1.54) is 101 Å². The maximum Gasteiger partial charge on any atom is 0.335 e. The van der Waals surface area contributed by atoms with E-state index in [0.717, 1.165) is 37.8 Å².